The van der Waals surface area contributed by atoms with E-state index >= 15 is 0 Å². The van der Waals surface area contributed by atoms with Gasteiger partial charge in [-0.25, -0.2) is 9.07 Å². The Bertz CT molecular complexity index is 1410. The van der Waals surface area contributed by atoms with Gasteiger partial charge >= 0.3 is 0 Å². The molecule has 8 nitrogen and oxygen atoms in total. The molecule has 1 amide bonds. The van der Waals surface area contributed by atoms with Crippen molar-refractivity contribution in [3.8, 4) is 28.8 Å². The van der Waals surface area contributed by atoms with Gasteiger partial charge in [0, 0.05) is 23.0 Å². The monoisotopic (exact) mass is 456 g/mol. The van der Waals surface area contributed by atoms with Gasteiger partial charge in [0.05, 0.1) is 31.0 Å². The minimum absolute atomic E-state index is 0.0709. The van der Waals surface area contributed by atoms with Gasteiger partial charge in [0.2, 0.25) is 0 Å². The summed E-state index contributed by atoms with van der Waals surface area (Å²) in [7, 11) is 1.53. The fourth-order valence-electron chi connectivity index (χ4n) is 3.27. The molecule has 0 aliphatic carbocycles. The van der Waals surface area contributed by atoms with E-state index in [-0.39, 0.29) is 11.3 Å². The predicted octanol–water partition coefficient (Wildman–Crippen LogP) is 4.53. The maximum atomic E-state index is 14.6. The normalized spacial score (nSPS) is 11.0. The molecule has 0 radical (unpaired) electrons. The third kappa shape index (κ3) is 4.61. The topological polar surface area (TPSA) is 106 Å². The number of amides is 1. The molecular formula is C25H21FN6O2. The quantitative estimate of drug-likeness (QED) is 0.457. The molecule has 0 aliphatic heterocycles. The lowest BCUT2D eigenvalue weighted by atomic mass is 9.86. The highest BCUT2D eigenvalue weighted by Gasteiger charge is 2.20. The summed E-state index contributed by atoms with van der Waals surface area (Å²) >= 11 is 0. The summed E-state index contributed by atoms with van der Waals surface area (Å²) in [6.45, 7) is 3.60. The number of methoxy groups -OCH3 is 1. The van der Waals surface area contributed by atoms with Crippen LogP contribution in [0.3, 0.4) is 0 Å². The van der Waals surface area contributed by atoms with Crippen LogP contribution in [0.15, 0.2) is 67.1 Å². The van der Waals surface area contributed by atoms with Crippen molar-refractivity contribution < 1.29 is 13.9 Å². The highest BCUT2D eigenvalue weighted by atomic mass is 19.1. The number of rotatable bonds is 6. The van der Waals surface area contributed by atoms with Crippen LogP contribution in [0.2, 0.25) is 0 Å². The molecule has 4 aromatic rings. The molecule has 2 aromatic heterocycles. The second kappa shape index (κ2) is 9.11. The SMILES string of the molecule is COc1cncc(-c2cn(-c3cc(C(=O)Nc4cccc(C(C)(C)C#N)c4)ccc3F)nn2)c1. The molecule has 9 heteroatoms. The third-order valence-corrected chi connectivity index (χ3v) is 5.31. The Hall–Kier alpha value is -4.58. The van der Waals surface area contributed by atoms with Crippen LogP contribution in [0.4, 0.5) is 10.1 Å². The fraction of sp³-hybridized carbons (Fsp3) is 0.160. The number of nitrogens with zero attached hydrogens (tertiary/aromatic N) is 5. The highest BCUT2D eigenvalue weighted by Crippen LogP contribution is 2.26. The van der Waals surface area contributed by atoms with Crippen molar-refractivity contribution in [1.82, 2.24) is 20.0 Å². The van der Waals surface area contributed by atoms with Crippen LogP contribution >= 0.6 is 0 Å². The van der Waals surface area contributed by atoms with Crippen molar-refractivity contribution in [2.24, 2.45) is 0 Å². The summed E-state index contributed by atoms with van der Waals surface area (Å²) < 4.78 is 21.0. The molecular weight excluding hydrogens is 435 g/mol. The van der Waals surface area contributed by atoms with E-state index in [1.807, 2.05) is 6.07 Å². The number of benzene rings is 2. The minimum atomic E-state index is -0.702. The second-order valence-corrected chi connectivity index (χ2v) is 8.10. The first-order chi connectivity index (χ1) is 16.3. The molecule has 4 rings (SSSR count). The van der Waals surface area contributed by atoms with Gasteiger partial charge in [-0.2, -0.15) is 5.26 Å². The van der Waals surface area contributed by atoms with Crippen LogP contribution in [-0.2, 0) is 5.41 Å². The van der Waals surface area contributed by atoms with E-state index in [0.29, 0.717) is 22.7 Å². The predicted molar refractivity (Wildman–Crippen MR) is 124 cm³/mol. The standard InChI is InChI=1S/C25H21FN6O2/c1-25(2,15-27)18-5-4-6-19(11-18)29-24(33)16-7-8-21(26)23(10-16)32-14-22(30-31-32)17-9-20(34-3)13-28-12-17/h4-14H,1-3H3,(H,29,33). The smallest absolute Gasteiger partial charge is 0.255 e. The number of hydrogen-bond acceptors (Lipinski definition) is 6. The summed E-state index contributed by atoms with van der Waals surface area (Å²) in [6.07, 6.45) is 4.70. The number of nitrogens with one attached hydrogen (secondary N) is 1. The molecule has 0 fully saturated rings. The Labute approximate surface area is 195 Å². The van der Waals surface area contributed by atoms with Crippen LogP contribution < -0.4 is 10.1 Å². The summed E-state index contributed by atoms with van der Waals surface area (Å²) in [5, 5.41) is 20.3. The first-order valence-corrected chi connectivity index (χ1v) is 10.4. The second-order valence-electron chi connectivity index (χ2n) is 8.10. The van der Waals surface area contributed by atoms with Gasteiger partial charge in [0.25, 0.3) is 5.91 Å². The Balaban J connectivity index is 1.60. The van der Waals surface area contributed by atoms with Crippen LogP contribution in [0.5, 0.6) is 5.75 Å². The van der Waals surface area contributed by atoms with E-state index in [9.17, 15) is 14.4 Å². The van der Waals surface area contributed by atoms with Crippen molar-refractivity contribution >= 4 is 11.6 Å². The van der Waals surface area contributed by atoms with Crippen LogP contribution in [0.1, 0.15) is 29.8 Å². The van der Waals surface area contributed by atoms with Crippen molar-refractivity contribution in [1.29, 1.82) is 5.26 Å². The maximum absolute atomic E-state index is 14.6. The van der Waals surface area contributed by atoms with E-state index in [0.717, 1.165) is 5.56 Å². The third-order valence-electron chi connectivity index (χ3n) is 5.31. The first-order valence-electron chi connectivity index (χ1n) is 10.4. The molecule has 0 saturated carbocycles. The summed E-state index contributed by atoms with van der Waals surface area (Å²) in [4.78, 5) is 17.0. The number of carbonyl (C=O) groups is 1. The van der Waals surface area contributed by atoms with Gasteiger partial charge < -0.3 is 10.1 Å². The van der Waals surface area contributed by atoms with E-state index < -0.39 is 17.1 Å². The van der Waals surface area contributed by atoms with Crippen LogP contribution in [-0.4, -0.2) is 33.0 Å². The average Bonchev–Trinajstić information content (AvgIpc) is 3.34. The molecule has 0 atom stereocenters. The van der Waals surface area contributed by atoms with E-state index in [4.69, 9.17) is 4.74 Å². The van der Waals surface area contributed by atoms with Crippen LogP contribution in [0.25, 0.3) is 16.9 Å². The maximum Gasteiger partial charge on any atom is 0.255 e. The lowest BCUT2D eigenvalue weighted by Crippen LogP contribution is -2.16. The van der Waals surface area contributed by atoms with E-state index in [1.165, 1.54) is 30.0 Å². The molecule has 0 saturated heterocycles. The number of halogens is 1. The first kappa shape index (κ1) is 22.6. The zero-order chi connectivity index (χ0) is 24.3. The van der Waals surface area contributed by atoms with Gasteiger partial charge in [-0.3, -0.25) is 9.78 Å². The number of aromatic nitrogens is 4. The Morgan fingerprint density at radius 3 is 2.76 bits per heavy atom. The Morgan fingerprint density at radius 1 is 1.18 bits per heavy atom. The van der Waals surface area contributed by atoms with Crippen molar-refractivity contribution in [2.45, 2.75) is 19.3 Å². The molecule has 0 aliphatic rings. The lowest BCUT2D eigenvalue weighted by Gasteiger charge is -2.17. The molecule has 0 unspecified atom stereocenters. The Kier molecular flexibility index (Phi) is 6.06. The molecule has 170 valence electrons. The van der Waals surface area contributed by atoms with Crippen molar-refractivity contribution in [3.63, 3.8) is 0 Å². The fourth-order valence-corrected chi connectivity index (χ4v) is 3.27. The number of anilines is 1. The number of nitriles is 1. The largest absolute Gasteiger partial charge is 0.495 e. The van der Waals surface area contributed by atoms with Gasteiger partial charge in [-0.15, -0.1) is 5.10 Å². The van der Waals surface area contributed by atoms with E-state index in [2.05, 4.69) is 26.7 Å². The van der Waals surface area contributed by atoms with Crippen molar-refractivity contribution in [2.75, 3.05) is 12.4 Å². The summed E-state index contributed by atoms with van der Waals surface area (Å²) in [5.74, 6) is -0.431. The zero-order valence-corrected chi connectivity index (χ0v) is 18.8. The van der Waals surface area contributed by atoms with Crippen molar-refractivity contribution in [3.05, 3.63) is 84.1 Å². The number of ether oxygens (including phenoxy) is 1. The Morgan fingerprint density at radius 2 is 2.00 bits per heavy atom. The molecule has 2 aromatic carbocycles. The molecule has 34 heavy (non-hydrogen) atoms. The number of pyridine rings is 1. The minimum Gasteiger partial charge on any atom is -0.495 e. The van der Waals surface area contributed by atoms with Gasteiger partial charge in [0.15, 0.2) is 0 Å². The van der Waals surface area contributed by atoms with E-state index in [1.54, 1.807) is 56.7 Å². The van der Waals surface area contributed by atoms with Crippen LogP contribution in [0, 0.1) is 17.1 Å². The van der Waals surface area contributed by atoms with Gasteiger partial charge in [-0.1, -0.05) is 17.3 Å². The summed E-state index contributed by atoms with van der Waals surface area (Å²) in [6, 6.07) is 15.0. The molecule has 1 N–H and O–H groups in total. The average molecular weight is 456 g/mol. The molecule has 0 bridgehead atoms. The zero-order valence-electron chi connectivity index (χ0n) is 18.8. The van der Waals surface area contributed by atoms with Gasteiger partial charge in [-0.05, 0) is 55.8 Å². The lowest BCUT2D eigenvalue weighted by molar-refractivity contribution is 0.102. The molecule has 2 heterocycles. The summed E-state index contributed by atoms with van der Waals surface area (Å²) in [5.41, 5.74) is 2.04. The number of hydrogen-bond donors (Lipinski definition) is 1. The molecule has 0 spiro atoms. The number of carbonyl (C=O) groups excluding carboxylic acids is 1. The van der Waals surface area contributed by atoms with Gasteiger partial charge in [0.1, 0.15) is 22.9 Å². The highest BCUT2D eigenvalue weighted by molar-refractivity contribution is 6.04.